The Kier molecular flexibility index (Phi) is 13.8. The summed E-state index contributed by atoms with van der Waals surface area (Å²) in [5.41, 5.74) is 5.16. The van der Waals surface area contributed by atoms with E-state index < -0.39 is 5.60 Å². The van der Waals surface area contributed by atoms with Crippen LogP contribution in [0.25, 0.3) is 0 Å². The van der Waals surface area contributed by atoms with Gasteiger partial charge in [-0.1, -0.05) is 6.92 Å². The number of ether oxygens (including phenoxy) is 1. The largest absolute Gasteiger partial charge is 0.388 e. The van der Waals surface area contributed by atoms with E-state index in [0.29, 0.717) is 6.61 Å². The lowest BCUT2D eigenvalue weighted by Crippen LogP contribution is -2.34. The monoisotopic (exact) mass is 249 g/mol. The van der Waals surface area contributed by atoms with Crippen LogP contribution in [0.4, 0.5) is 0 Å². The number of hydrogen-bond donors (Lipinski definition) is 3. The number of rotatable bonds is 8. The van der Waals surface area contributed by atoms with E-state index in [4.69, 9.17) is 9.84 Å². The fourth-order valence-corrected chi connectivity index (χ4v) is 0.871. The maximum atomic E-state index is 9.12. The van der Waals surface area contributed by atoms with Gasteiger partial charge in [0.15, 0.2) is 0 Å². The summed E-state index contributed by atoms with van der Waals surface area (Å²) in [4.78, 5) is 2.13. The molecule has 0 amide bonds. The van der Waals surface area contributed by atoms with Gasteiger partial charge in [-0.2, -0.15) is 0 Å². The summed E-state index contributed by atoms with van der Waals surface area (Å²) in [6, 6.07) is 0. The molecule has 5 heteroatoms. The second kappa shape index (κ2) is 12.3. The highest BCUT2D eigenvalue weighted by atomic mass is 16.5. The summed E-state index contributed by atoms with van der Waals surface area (Å²) in [7, 11) is 5.98. The van der Waals surface area contributed by atoms with Crippen LogP contribution in [0.1, 0.15) is 27.2 Å². The Hall–Kier alpha value is -0.200. The maximum absolute atomic E-state index is 9.12. The minimum atomic E-state index is -0.671. The summed E-state index contributed by atoms with van der Waals surface area (Å²) < 4.78 is 5.10. The van der Waals surface area contributed by atoms with Crippen molar-refractivity contribution in [2.45, 2.75) is 32.8 Å². The van der Waals surface area contributed by atoms with Gasteiger partial charge < -0.3 is 14.7 Å². The van der Waals surface area contributed by atoms with Crippen molar-refractivity contribution in [3.63, 3.8) is 0 Å². The van der Waals surface area contributed by atoms with Crippen LogP contribution in [-0.2, 0) is 4.74 Å². The van der Waals surface area contributed by atoms with Crippen molar-refractivity contribution in [1.29, 1.82) is 0 Å². The van der Waals surface area contributed by atoms with Crippen molar-refractivity contribution in [1.82, 2.24) is 15.8 Å². The summed E-state index contributed by atoms with van der Waals surface area (Å²) in [5.74, 6) is 0. The van der Waals surface area contributed by atoms with Crippen LogP contribution in [0.15, 0.2) is 0 Å². The molecular weight excluding hydrogens is 218 g/mol. The summed E-state index contributed by atoms with van der Waals surface area (Å²) in [5, 5.41) is 9.12. The predicted molar refractivity (Wildman–Crippen MR) is 73.0 cm³/mol. The molecular formula is C12H31N3O2. The third-order valence-electron chi connectivity index (χ3n) is 1.66. The Labute approximate surface area is 106 Å². The molecule has 0 atom stereocenters. The molecule has 3 N–H and O–H groups in total. The zero-order valence-corrected chi connectivity index (χ0v) is 12.3. The van der Waals surface area contributed by atoms with Crippen molar-refractivity contribution in [3.05, 3.63) is 0 Å². The molecule has 0 rings (SSSR count). The quantitative estimate of drug-likeness (QED) is 0.431. The van der Waals surface area contributed by atoms with Crippen LogP contribution in [0.5, 0.6) is 0 Å². The SMILES string of the molecule is CCCOCC(C)(C)O.CNNCCN(C)C. The van der Waals surface area contributed by atoms with Gasteiger partial charge in [-0.25, -0.2) is 0 Å². The van der Waals surface area contributed by atoms with Crippen LogP contribution in [0.2, 0.25) is 0 Å². The van der Waals surface area contributed by atoms with Gasteiger partial charge in [-0.3, -0.25) is 10.9 Å². The highest BCUT2D eigenvalue weighted by Crippen LogP contribution is 2.00. The van der Waals surface area contributed by atoms with Crippen LogP contribution in [-0.4, -0.2) is 63.1 Å². The molecule has 0 unspecified atom stereocenters. The molecule has 0 aliphatic heterocycles. The normalized spacial score (nSPS) is 11.3. The molecule has 0 fully saturated rings. The zero-order chi connectivity index (χ0) is 13.7. The minimum Gasteiger partial charge on any atom is -0.388 e. The van der Waals surface area contributed by atoms with Gasteiger partial charge in [-0.15, -0.1) is 0 Å². The standard InChI is InChI=1S/C7H16O2.C5H15N3/c1-4-5-9-6-7(2,3)8;1-6-7-4-5-8(2)3/h8H,4-6H2,1-3H3;6-7H,4-5H2,1-3H3. The molecule has 106 valence electrons. The Morgan fingerprint density at radius 3 is 2.24 bits per heavy atom. The fraction of sp³-hybridized carbons (Fsp3) is 1.00. The smallest absolute Gasteiger partial charge is 0.0824 e. The molecule has 0 aliphatic carbocycles. The van der Waals surface area contributed by atoms with E-state index in [1.807, 2.05) is 14.0 Å². The lowest BCUT2D eigenvalue weighted by atomic mass is 10.2. The van der Waals surface area contributed by atoms with Crippen LogP contribution in [0, 0.1) is 0 Å². The highest BCUT2D eigenvalue weighted by molar-refractivity contribution is 4.62. The van der Waals surface area contributed by atoms with E-state index in [0.717, 1.165) is 26.1 Å². The highest BCUT2D eigenvalue weighted by Gasteiger charge is 2.11. The first-order chi connectivity index (χ1) is 7.83. The molecule has 5 nitrogen and oxygen atoms in total. The van der Waals surface area contributed by atoms with E-state index >= 15 is 0 Å². The van der Waals surface area contributed by atoms with Gasteiger partial charge in [0.25, 0.3) is 0 Å². The summed E-state index contributed by atoms with van der Waals surface area (Å²) in [6.07, 6.45) is 1.01. The van der Waals surface area contributed by atoms with Crippen molar-refractivity contribution < 1.29 is 9.84 Å². The number of likely N-dealkylation sites (N-methyl/N-ethyl adjacent to an activating group) is 1. The Morgan fingerprint density at radius 1 is 1.29 bits per heavy atom. The van der Waals surface area contributed by atoms with E-state index in [9.17, 15) is 0 Å². The van der Waals surface area contributed by atoms with Crippen molar-refractivity contribution in [2.75, 3.05) is 47.4 Å². The van der Waals surface area contributed by atoms with Gasteiger partial charge in [0.2, 0.25) is 0 Å². The molecule has 0 aromatic heterocycles. The first-order valence-electron chi connectivity index (χ1n) is 6.18. The first kappa shape index (κ1) is 19.1. The molecule has 0 aliphatic rings. The zero-order valence-electron chi connectivity index (χ0n) is 12.3. The molecule has 0 heterocycles. The molecule has 17 heavy (non-hydrogen) atoms. The average molecular weight is 249 g/mol. The van der Waals surface area contributed by atoms with Crippen molar-refractivity contribution in [2.24, 2.45) is 0 Å². The number of hydrazine groups is 1. The third kappa shape index (κ3) is 25.8. The number of aliphatic hydroxyl groups is 1. The van der Waals surface area contributed by atoms with Gasteiger partial charge in [0, 0.05) is 19.7 Å². The Bertz CT molecular complexity index is 147. The number of hydrogen-bond acceptors (Lipinski definition) is 5. The van der Waals surface area contributed by atoms with Crippen molar-refractivity contribution >= 4 is 0 Å². The molecule has 0 spiro atoms. The minimum absolute atomic E-state index is 0.431. The lowest BCUT2D eigenvalue weighted by Gasteiger charge is -2.16. The number of nitrogens with zero attached hydrogens (tertiary/aromatic N) is 1. The third-order valence-corrected chi connectivity index (χ3v) is 1.66. The maximum Gasteiger partial charge on any atom is 0.0824 e. The van der Waals surface area contributed by atoms with Crippen molar-refractivity contribution in [3.8, 4) is 0 Å². The topological polar surface area (TPSA) is 56.8 Å². The molecule has 0 bridgehead atoms. The van der Waals surface area contributed by atoms with Crippen LogP contribution in [0.3, 0.4) is 0 Å². The summed E-state index contributed by atoms with van der Waals surface area (Å²) in [6.45, 7) is 8.75. The Balaban J connectivity index is 0. The number of nitrogens with one attached hydrogen (secondary N) is 2. The van der Waals surface area contributed by atoms with Gasteiger partial charge in [0.1, 0.15) is 0 Å². The van der Waals surface area contributed by atoms with E-state index in [2.05, 4.69) is 29.8 Å². The fourth-order valence-electron chi connectivity index (χ4n) is 0.871. The second-order valence-electron chi connectivity index (χ2n) is 4.85. The molecule has 0 saturated heterocycles. The predicted octanol–water partition coefficient (Wildman–Crippen LogP) is 0.456. The first-order valence-corrected chi connectivity index (χ1v) is 6.18. The van der Waals surface area contributed by atoms with Gasteiger partial charge >= 0.3 is 0 Å². The van der Waals surface area contributed by atoms with E-state index in [-0.39, 0.29) is 0 Å². The Morgan fingerprint density at radius 2 is 1.88 bits per heavy atom. The van der Waals surface area contributed by atoms with Gasteiger partial charge in [0.05, 0.1) is 12.2 Å². The molecule has 0 aromatic carbocycles. The van der Waals surface area contributed by atoms with E-state index in [1.165, 1.54) is 0 Å². The van der Waals surface area contributed by atoms with Crippen LogP contribution < -0.4 is 10.9 Å². The average Bonchev–Trinajstić information content (AvgIpc) is 2.17. The van der Waals surface area contributed by atoms with E-state index in [1.54, 1.807) is 13.8 Å². The molecule has 0 radical (unpaired) electrons. The molecule has 0 saturated carbocycles. The molecule has 0 aromatic rings. The lowest BCUT2D eigenvalue weighted by molar-refractivity contribution is -0.0204. The summed E-state index contributed by atoms with van der Waals surface area (Å²) >= 11 is 0. The van der Waals surface area contributed by atoms with Crippen LogP contribution >= 0.6 is 0 Å². The van der Waals surface area contributed by atoms with Gasteiger partial charge in [-0.05, 0) is 41.4 Å². The second-order valence-corrected chi connectivity index (χ2v) is 4.85.